The van der Waals surface area contributed by atoms with Gasteiger partial charge in [-0.3, -0.25) is 30.5 Å². The Balaban J connectivity index is 1.09. The maximum Gasteiger partial charge on any atom is 0.307 e. The summed E-state index contributed by atoms with van der Waals surface area (Å²) in [6.45, 7) is 12.0. The van der Waals surface area contributed by atoms with Crippen LogP contribution in [0, 0.1) is 29.7 Å². The third-order valence-corrected chi connectivity index (χ3v) is 9.50. The van der Waals surface area contributed by atoms with Gasteiger partial charge in [0.2, 0.25) is 12.5 Å². The van der Waals surface area contributed by atoms with Crippen molar-refractivity contribution in [3.8, 4) is 0 Å². The van der Waals surface area contributed by atoms with Crippen LogP contribution in [0.4, 0.5) is 11.4 Å². The molecule has 5 atom stereocenters. The van der Waals surface area contributed by atoms with Crippen LogP contribution in [0.5, 0.6) is 0 Å². The Bertz CT molecular complexity index is 1070. The number of hydrogen-bond donors (Lipinski definition) is 6. The van der Waals surface area contributed by atoms with E-state index in [1.54, 1.807) is 0 Å². The number of nitrogens with zero attached hydrogens (tertiary/aromatic N) is 3. The van der Waals surface area contributed by atoms with Crippen molar-refractivity contribution in [3.05, 3.63) is 35.7 Å². The van der Waals surface area contributed by atoms with Gasteiger partial charge in [-0.1, -0.05) is 0 Å². The molecule has 5 unspecified atom stereocenters. The summed E-state index contributed by atoms with van der Waals surface area (Å²) in [6.07, 6.45) is 4.45. The number of nitrogens with one attached hydrogen (secondary N) is 5. The molecule has 1 saturated carbocycles. The van der Waals surface area contributed by atoms with Crippen LogP contribution in [-0.4, -0.2) is 79.6 Å². The van der Waals surface area contributed by atoms with Crippen molar-refractivity contribution in [1.82, 2.24) is 26.4 Å². The molecule has 0 aromatic heterocycles. The lowest BCUT2D eigenvalue weighted by molar-refractivity contribution is -0.139. The SMILES string of the molecule is [C-]#[N+]CC1CCN(C2NC3CNNC(=O)C3C(Nc3ccc(N4CCC5(CC4)CC5C(=O)O)cc3)N2)CC1. The molecule has 4 aliphatic heterocycles. The molecule has 1 aromatic carbocycles. The molecule has 204 valence electrons. The highest BCUT2D eigenvalue weighted by atomic mass is 16.4. The first-order valence-electron chi connectivity index (χ1n) is 13.9. The number of aliphatic carboxylic acids is 1. The number of carbonyl (C=O) groups excluding carboxylic acids is 1. The van der Waals surface area contributed by atoms with Gasteiger partial charge in [-0.25, -0.2) is 12.0 Å². The van der Waals surface area contributed by atoms with Crippen LogP contribution in [0.1, 0.15) is 32.1 Å². The molecule has 11 heteroatoms. The zero-order valence-electron chi connectivity index (χ0n) is 21.7. The zero-order chi connectivity index (χ0) is 26.3. The second-order valence-electron chi connectivity index (χ2n) is 11.7. The van der Waals surface area contributed by atoms with Crippen LogP contribution in [0.2, 0.25) is 0 Å². The van der Waals surface area contributed by atoms with Gasteiger partial charge in [-0.2, -0.15) is 0 Å². The predicted molar refractivity (Wildman–Crippen MR) is 143 cm³/mol. The number of piperidine rings is 2. The summed E-state index contributed by atoms with van der Waals surface area (Å²) in [6, 6.07) is 8.36. The summed E-state index contributed by atoms with van der Waals surface area (Å²) in [7, 11) is 0. The average Bonchev–Trinajstić information content (AvgIpc) is 3.63. The van der Waals surface area contributed by atoms with Crippen LogP contribution in [0.25, 0.3) is 4.85 Å². The number of rotatable bonds is 6. The number of anilines is 2. The van der Waals surface area contributed by atoms with E-state index < -0.39 is 5.97 Å². The van der Waals surface area contributed by atoms with Crippen LogP contribution in [-0.2, 0) is 9.59 Å². The van der Waals surface area contributed by atoms with Gasteiger partial charge < -0.3 is 20.2 Å². The molecule has 1 aliphatic carbocycles. The minimum Gasteiger partial charge on any atom is -0.481 e. The highest BCUT2D eigenvalue weighted by Gasteiger charge is 2.58. The number of benzene rings is 1. The minimum atomic E-state index is -0.642. The average molecular weight is 523 g/mol. The molecule has 0 bridgehead atoms. The number of fused-ring (bicyclic) bond motifs is 1. The van der Waals surface area contributed by atoms with E-state index in [0.717, 1.165) is 69.7 Å². The van der Waals surface area contributed by atoms with Gasteiger partial charge in [-0.05, 0) is 61.8 Å². The number of carbonyl (C=O) groups is 2. The summed E-state index contributed by atoms with van der Waals surface area (Å²) in [5, 5.41) is 20.2. The molecule has 1 amide bonds. The molecule has 5 aliphatic rings. The Hall–Kier alpha value is -2.91. The van der Waals surface area contributed by atoms with Crippen molar-refractivity contribution in [2.24, 2.45) is 23.2 Å². The van der Waals surface area contributed by atoms with E-state index in [1.807, 2.05) is 0 Å². The number of amides is 1. The Morgan fingerprint density at radius 1 is 1.13 bits per heavy atom. The molecule has 5 fully saturated rings. The van der Waals surface area contributed by atoms with Crippen molar-refractivity contribution in [2.75, 3.05) is 49.5 Å². The van der Waals surface area contributed by atoms with Gasteiger partial charge in [0.25, 0.3) is 0 Å². The van der Waals surface area contributed by atoms with Crippen molar-refractivity contribution in [2.45, 2.75) is 50.6 Å². The highest BCUT2D eigenvalue weighted by molar-refractivity contribution is 5.81. The lowest BCUT2D eigenvalue weighted by atomic mass is 9.90. The Labute approximate surface area is 223 Å². The molecule has 6 rings (SSSR count). The molecule has 1 aromatic rings. The summed E-state index contributed by atoms with van der Waals surface area (Å²) in [5.41, 5.74) is 7.94. The molecule has 4 heterocycles. The minimum absolute atomic E-state index is 0.00883. The molecule has 1 spiro atoms. The number of hydrogen-bond acceptors (Lipinski definition) is 8. The lowest BCUT2D eigenvalue weighted by Gasteiger charge is -2.49. The molecule has 38 heavy (non-hydrogen) atoms. The lowest BCUT2D eigenvalue weighted by Crippen LogP contribution is -2.77. The van der Waals surface area contributed by atoms with Gasteiger partial charge in [0.05, 0.1) is 18.0 Å². The van der Waals surface area contributed by atoms with Crippen molar-refractivity contribution >= 4 is 23.3 Å². The van der Waals surface area contributed by atoms with E-state index >= 15 is 0 Å². The standard InChI is InChI=1S/C27H38N8O3/c1-28-15-17-6-10-35(11-7-17)26-31-21-16-29-33-24(36)22(21)23(32-26)30-18-2-4-19(5-3-18)34-12-8-27(9-13-34)14-20(27)25(37)38/h2-5,17,20-23,26,29-32H,6-16H2,(H,33,36)(H,37,38). The topological polar surface area (TPSA) is 125 Å². The van der Waals surface area contributed by atoms with Crippen molar-refractivity contribution in [1.29, 1.82) is 0 Å². The molecule has 4 saturated heterocycles. The monoisotopic (exact) mass is 522 g/mol. The Morgan fingerprint density at radius 2 is 1.87 bits per heavy atom. The van der Waals surface area contributed by atoms with E-state index in [0.29, 0.717) is 19.0 Å². The fraction of sp³-hybridized carbons (Fsp3) is 0.667. The number of hydrazine groups is 1. The maximum atomic E-state index is 12.8. The fourth-order valence-electron chi connectivity index (χ4n) is 6.98. The molecule has 11 nitrogen and oxygen atoms in total. The number of carboxylic acids is 1. The van der Waals surface area contributed by atoms with Gasteiger partial charge >= 0.3 is 5.97 Å². The predicted octanol–water partition coefficient (Wildman–Crippen LogP) is 0.843. The molecule has 0 radical (unpaired) electrons. The first kappa shape index (κ1) is 25.4. The summed E-state index contributed by atoms with van der Waals surface area (Å²) >= 11 is 0. The Morgan fingerprint density at radius 3 is 2.53 bits per heavy atom. The third kappa shape index (κ3) is 4.94. The third-order valence-electron chi connectivity index (χ3n) is 9.50. The van der Waals surface area contributed by atoms with Crippen molar-refractivity contribution in [3.63, 3.8) is 0 Å². The van der Waals surface area contributed by atoms with Gasteiger partial charge in [-0.15, -0.1) is 0 Å². The van der Waals surface area contributed by atoms with Crippen molar-refractivity contribution < 1.29 is 14.7 Å². The van der Waals surface area contributed by atoms with Crippen LogP contribution in [0.3, 0.4) is 0 Å². The van der Waals surface area contributed by atoms with E-state index in [2.05, 4.69) is 65.7 Å². The normalized spacial score (nSPS) is 33.2. The van der Waals surface area contributed by atoms with Crippen LogP contribution in [0.15, 0.2) is 24.3 Å². The molecule has 6 N–H and O–H groups in total. The smallest absolute Gasteiger partial charge is 0.307 e. The second kappa shape index (κ2) is 10.3. The summed E-state index contributed by atoms with van der Waals surface area (Å²) in [4.78, 5) is 32.5. The van der Waals surface area contributed by atoms with E-state index in [4.69, 9.17) is 6.57 Å². The van der Waals surface area contributed by atoms with Gasteiger partial charge in [0, 0.05) is 56.1 Å². The first-order valence-corrected chi connectivity index (χ1v) is 13.9. The van der Waals surface area contributed by atoms with E-state index in [9.17, 15) is 14.7 Å². The van der Waals surface area contributed by atoms with E-state index in [1.165, 1.54) is 0 Å². The van der Waals surface area contributed by atoms with Crippen LogP contribution < -0.4 is 31.7 Å². The summed E-state index contributed by atoms with van der Waals surface area (Å²) < 4.78 is 0. The molecular formula is C27H38N8O3. The highest BCUT2D eigenvalue weighted by Crippen LogP contribution is 2.59. The second-order valence-corrected chi connectivity index (χ2v) is 11.7. The zero-order valence-corrected chi connectivity index (χ0v) is 21.7. The quantitative estimate of drug-likeness (QED) is 0.302. The largest absolute Gasteiger partial charge is 0.481 e. The molecular weight excluding hydrogens is 484 g/mol. The fourth-order valence-corrected chi connectivity index (χ4v) is 6.98. The van der Waals surface area contributed by atoms with E-state index in [-0.39, 0.29) is 41.7 Å². The van der Waals surface area contributed by atoms with Crippen LogP contribution >= 0.6 is 0 Å². The van der Waals surface area contributed by atoms with Gasteiger partial charge in [0.15, 0.2) is 0 Å². The van der Waals surface area contributed by atoms with Gasteiger partial charge in [0.1, 0.15) is 6.29 Å². The summed E-state index contributed by atoms with van der Waals surface area (Å²) in [5.74, 6) is -0.629. The maximum absolute atomic E-state index is 12.8. The first-order chi connectivity index (χ1) is 18.5. The Kier molecular flexibility index (Phi) is 6.90. The number of likely N-dealkylation sites (tertiary alicyclic amines) is 1. The number of carboxylic acid groups (broad SMARTS) is 1.